The molecule has 0 bridgehead atoms. The number of carbonyl (C=O) groups is 3. The van der Waals surface area contributed by atoms with Gasteiger partial charge in [-0.3, -0.25) is 14.9 Å². The summed E-state index contributed by atoms with van der Waals surface area (Å²) in [7, 11) is 1.55. The van der Waals surface area contributed by atoms with Crippen LogP contribution in [0.4, 0.5) is 10.5 Å². The zero-order valence-corrected chi connectivity index (χ0v) is 15.5. The van der Waals surface area contributed by atoms with Crippen LogP contribution in [0, 0.1) is 13.8 Å². The molecule has 0 unspecified atom stereocenters. The van der Waals surface area contributed by atoms with Crippen LogP contribution in [-0.4, -0.2) is 31.6 Å². The van der Waals surface area contributed by atoms with Crippen molar-refractivity contribution in [2.24, 2.45) is 0 Å². The Morgan fingerprint density at radius 2 is 1.70 bits per heavy atom. The number of rotatable bonds is 6. The quantitative estimate of drug-likeness (QED) is 0.763. The maximum atomic E-state index is 11.9. The van der Waals surface area contributed by atoms with E-state index in [1.807, 2.05) is 26.0 Å². The smallest absolute Gasteiger partial charge is 0.325 e. The van der Waals surface area contributed by atoms with Crippen molar-refractivity contribution in [3.05, 3.63) is 59.2 Å². The summed E-state index contributed by atoms with van der Waals surface area (Å²) in [6.07, 6.45) is 0.0199. The van der Waals surface area contributed by atoms with Crippen LogP contribution in [-0.2, 0) is 20.7 Å². The number of ether oxygens (including phenoxy) is 2. The fourth-order valence-corrected chi connectivity index (χ4v) is 2.38. The summed E-state index contributed by atoms with van der Waals surface area (Å²) in [6.45, 7) is 3.27. The van der Waals surface area contributed by atoms with Crippen molar-refractivity contribution in [1.29, 1.82) is 0 Å². The Bertz CT molecular complexity index is 831. The van der Waals surface area contributed by atoms with E-state index in [9.17, 15) is 14.4 Å². The summed E-state index contributed by atoms with van der Waals surface area (Å²) in [5.41, 5.74) is 3.28. The molecule has 3 amide bonds. The highest BCUT2D eigenvalue weighted by Crippen LogP contribution is 2.15. The van der Waals surface area contributed by atoms with Crippen LogP contribution in [0.2, 0.25) is 0 Å². The summed E-state index contributed by atoms with van der Waals surface area (Å²) >= 11 is 0. The molecule has 7 nitrogen and oxygen atoms in total. The third-order valence-corrected chi connectivity index (χ3v) is 3.75. The maximum Gasteiger partial charge on any atom is 0.325 e. The molecular formula is C20H22N2O5. The number of aryl methyl sites for hydroxylation is 2. The van der Waals surface area contributed by atoms with Gasteiger partial charge in [-0.25, -0.2) is 4.79 Å². The number of amides is 3. The van der Waals surface area contributed by atoms with Crippen LogP contribution in [0.5, 0.6) is 5.75 Å². The number of esters is 1. The molecule has 0 fully saturated rings. The first-order chi connectivity index (χ1) is 12.9. The largest absolute Gasteiger partial charge is 0.497 e. The minimum atomic E-state index is -0.708. The van der Waals surface area contributed by atoms with E-state index >= 15 is 0 Å². The number of urea groups is 1. The average molecular weight is 370 g/mol. The van der Waals surface area contributed by atoms with Gasteiger partial charge in [-0.1, -0.05) is 29.8 Å². The molecule has 0 spiro atoms. The molecule has 142 valence electrons. The molecule has 0 radical (unpaired) electrons. The lowest BCUT2D eigenvalue weighted by atomic mass is 10.1. The lowest BCUT2D eigenvalue weighted by Crippen LogP contribution is -2.37. The van der Waals surface area contributed by atoms with Crippen molar-refractivity contribution in [2.75, 3.05) is 19.0 Å². The highest BCUT2D eigenvalue weighted by atomic mass is 16.5. The summed E-state index contributed by atoms with van der Waals surface area (Å²) in [5, 5.41) is 4.71. The number of nitrogens with one attached hydrogen (secondary N) is 2. The third-order valence-electron chi connectivity index (χ3n) is 3.75. The molecule has 0 atom stereocenters. The molecule has 2 N–H and O–H groups in total. The Morgan fingerprint density at radius 3 is 2.33 bits per heavy atom. The van der Waals surface area contributed by atoms with Crippen molar-refractivity contribution in [2.45, 2.75) is 20.3 Å². The van der Waals surface area contributed by atoms with E-state index in [4.69, 9.17) is 9.47 Å². The maximum absolute atomic E-state index is 11.9. The first-order valence-electron chi connectivity index (χ1n) is 8.34. The average Bonchev–Trinajstić information content (AvgIpc) is 2.63. The molecule has 2 aromatic rings. The number of anilines is 1. The zero-order valence-electron chi connectivity index (χ0n) is 15.5. The molecule has 0 aliphatic heterocycles. The Labute approximate surface area is 157 Å². The molecule has 2 rings (SSSR count). The number of methoxy groups -OCH3 is 1. The van der Waals surface area contributed by atoms with E-state index in [-0.39, 0.29) is 6.42 Å². The van der Waals surface area contributed by atoms with Crippen LogP contribution in [0.25, 0.3) is 0 Å². The van der Waals surface area contributed by atoms with Gasteiger partial charge in [-0.05, 0) is 43.2 Å². The highest BCUT2D eigenvalue weighted by Gasteiger charge is 2.12. The van der Waals surface area contributed by atoms with Crippen molar-refractivity contribution >= 4 is 23.6 Å². The number of carbonyl (C=O) groups excluding carboxylic acids is 3. The van der Waals surface area contributed by atoms with Crippen molar-refractivity contribution in [3.8, 4) is 5.75 Å². The first-order valence-corrected chi connectivity index (χ1v) is 8.34. The predicted molar refractivity (Wildman–Crippen MR) is 101 cm³/mol. The molecule has 2 aromatic carbocycles. The van der Waals surface area contributed by atoms with Gasteiger partial charge in [-0.15, -0.1) is 0 Å². The first kappa shape index (κ1) is 20.0. The van der Waals surface area contributed by atoms with E-state index in [1.54, 1.807) is 37.4 Å². The molecule has 0 saturated heterocycles. The van der Waals surface area contributed by atoms with E-state index in [0.29, 0.717) is 11.4 Å². The number of imide groups is 1. The second kappa shape index (κ2) is 9.38. The number of hydrogen-bond acceptors (Lipinski definition) is 5. The number of benzene rings is 2. The zero-order chi connectivity index (χ0) is 19.8. The predicted octanol–water partition coefficient (Wildman–Crippen LogP) is 2.75. The monoisotopic (exact) mass is 370 g/mol. The van der Waals surface area contributed by atoms with Gasteiger partial charge < -0.3 is 14.8 Å². The van der Waals surface area contributed by atoms with E-state index in [0.717, 1.165) is 16.7 Å². The van der Waals surface area contributed by atoms with Crippen LogP contribution in [0.15, 0.2) is 42.5 Å². The van der Waals surface area contributed by atoms with Gasteiger partial charge in [0.05, 0.1) is 13.5 Å². The number of hydrogen-bond donors (Lipinski definition) is 2. The van der Waals surface area contributed by atoms with Gasteiger partial charge in [0.2, 0.25) is 0 Å². The summed E-state index contributed by atoms with van der Waals surface area (Å²) in [4.78, 5) is 35.4. The summed E-state index contributed by atoms with van der Waals surface area (Å²) in [5.74, 6) is -0.591. The van der Waals surface area contributed by atoms with Gasteiger partial charge in [0.25, 0.3) is 5.91 Å². The molecular weight excluding hydrogens is 348 g/mol. The Balaban J connectivity index is 1.75. The molecule has 27 heavy (non-hydrogen) atoms. The molecule has 0 aliphatic carbocycles. The Morgan fingerprint density at radius 1 is 1.00 bits per heavy atom. The lowest BCUT2D eigenvalue weighted by molar-refractivity contribution is -0.147. The van der Waals surface area contributed by atoms with Crippen LogP contribution >= 0.6 is 0 Å². The highest BCUT2D eigenvalue weighted by molar-refractivity contribution is 6.02. The van der Waals surface area contributed by atoms with Gasteiger partial charge in [0, 0.05) is 5.69 Å². The minimum Gasteiger partial charge on any atom is -0.497 e. The minimum absolute atomic E-state index is 0.0199. The summed E-state index contributed by atoms with van der Waals surface area (Å²) in [6, 6.07) is 11.8. The fraction of sp³-hybridized carbons (Fsp3) is 0.250. The molecule has 7 heteroatoms. The molecule has 0 heterocycles. The van der Waals surface area contributed by atoms with E-state index in [1.165, 1.54) is 0 Å². The second-order valence-corrected chi connectivity index (χ2v) is 6.01. The topological polar surface area (TPSA) is 93.7 Å². The lowest BCUT2D eigenvalue weighted by Gasteiger charge is -2.10. The van der Waals surface area contributed by atoms with Crippen LogP contribution in [0.1, 0.15) is 16.7 Å². The van der Waals surface area contributed by atoms with Crippen LogP contribution < -0.4 is 15.4 Å². The van der Waals surface area contributed by atoms with Gasteiger partial charge >= 0.3 is 12.0 Å². The van der Waals surface area contributed by atoms with Crippen LogP contribution in [0.3, 0.4) is 0 Å². The molecule has 0 saturated carbocycles. The fourth-order valence-electron chi connectivity index (χ4n) is 2.38. The standard InChI is InChI=1S/C20H22N2O5/c1-13-4-9-17(14(2)10-13)21-20(25)22-18(23)12-27-19(24)11-15-5-7-16(26-3)8-6-15/h4-10H,11-12H2,1-3H3,(H2,21,22,23,25). The second-order valence-electron chi connectivity index (χ2n) is 6.01. The van der Waals surface area contributed by atoms with Gasteiger partial charge in [0.1, 0.15) is 5.75 Å². The molecule has 0 aromatic heterocycles. The Kier molecular flexibility index (Phi) is 6.93. The van der Waals surface area contributed by atoms with Gasteiger partial charge in [-0.2, -0.15) is 0 Å². The van der Waals surface area contributed by atoms with E-state index < -0.39 is 24.5 Å². The molecule has 0 aliphatic rings. The summed E-state index contributed by atoms with van der Waals surface area (Å²) < 4.78 is 9.93. The van der Waals surface area contributed by atoms with Crippen molar-refractivity contribution in [3.63, 3.8) is 0 Å². The van der Waals surface area contributed by atoms with Gasteiger partial charge in [0.15, 0.2) is 6.61 Å². The SMILES string of the molecule is COc1ccc(CC(=O)OCC(=O)NC(=O)Nc2ccc(C)cc2C)cc1. The van der Waals surface area contributed by atoms with Crippen molar-refractivity contribution < 1.29 is 23.9 Å². The third kappa shape index (κ3) is 6.47. The Hall–Kier alpha value is -3.35. The van der Waals surface area contributed by atoms with Crippen molar-refractivity contribution in [1.82, 2.24) is 5.32 Å². The van der Waals surface area contributed by atoms with E-state index in [2.05, 4.69) is 10.6 Å². The normalized spacial score (nSPS) is 10.0.